The molecule has 0 fully saturated rings. The Labute approximate surface area is 179 Å². The summed E-state index contributed by atoms with van der Waals surface area (Å²) < 4.78 is 6.61. The third kappa shape index (κ3) is 2.75. The summed E-state index contributed by atoms with van der Waals surface area (Å²) in [5, 5.41) is 0. The third-order valence-electron chi connectivity index (χ3n) is 5.94. The van der Waals surface area contributed by atoms with Crippen LogP contribution in [0.1, 0.15) is 23.0 Å². The predicted molar refractivity (Wildman–Crippen MR) is 123 cm³/mol. The summed E-state index contributed by atoms with van der Waals surface area (Å²) in [7, 11) is 0. The lowest BCUT2D eigenvalue weighted by molar-refractivity contribution is 0.394. The van der Waals surface area contributed by atoms with Crippen molar-refractivity contribution in [3.8, 4) is 0 Å². The molecule has 0 saturated heterocycles. The summed E-state index contributed by atoms with van der Waals surface area (Å²) in [6, 6.07) is 19.1. The molecule has 0 aliphatic carbocycles. The highest BCUT2D eigenvalue weighted by molar-refractivity contribution is 5.79. The second-order valence-electron chi connectivity index (χ2n) is 8.28. The number of aromatic nitrogens is 6. The summed E-state index contributed by atoms with van der Waals surface area (Å²) in [5.41, 5.74) is 9.74. The Morgan fingerprint density at radius 1 is 0.516 bits per heavy atom. The largest absolute Gasteiger partial charge is 0.291 e. The van der Waals surface area contributed by atoms with E-state index < -0.39 is 0 Å². The van der Waals surface area contributed by atoms with Crippen molar-refractivity contribution < 1.29 is 0 Å². The van der Waals surface area contributed by atoms with Gasteiger partial charge in [-0.1, -0.05) is 18.2 Å². The predicted octanol–water partition coefficient (Wildman–Crippen LogP) is 5.21. The number of benzene rings is 3. The summed E-state index contributed by atoms with van der Waals surface area (Å²) in [6.07, 6.45) is 5.51. The van der Waals surface area contributed by atoms with Gasteiger partial charge in [0.1, 0.15) is 0 Å². The molecule has 0 bridgehead atoms. The molecule has 0 N–H and O–H groups in total. The molecule has 0 unspecified atom stereocenters. The Bertz CT molecular complexity index is 1390. The van der Waals surface area contributed by atoms with E-state index in [2.05, 4.69) is 89.1 Å². The van der Waals surface area contributed by atoms with Crippen LogP contribution >= 0.6 is 0 Å². The van der Waals surface area contributed by atoms with Crippen LogP contribution in [0, 0.1) is 20.8 Å². The average Bonchev–Trinajstić information content (AvgIpc) is 3.46. The van der Waals surface area contributed by atoms with Crippen molar-refractivity contribution in [3.05, 3.63) is 90.3 Å². The second kappa shape index (κ2) is 6.54. The van der Waals surface area contributed by atoms with Crippen LogP contribution < -0.4 is 0 Å². The van der Waals surface area contributed by atoms with Gasteiger partial charge in [0.25, 0.3) is 0 Å². The highest BCUT2D eigenvalue weighted by atomic mass is 15.4. The first-order chi connectivity index (χ1) is 15.1. The number of hydrogen-bond donors (Lipinski definition) is 0. The number of nitrogens with zero attached hydrogens (tertiary/aromatic N) is 6. The lowest BCUT2D eigenvalue weighted by atomic mass is 10.2. The van der Waals surface area contributed by atoms with E-state index in [1.807, 2.05) is 19.0 Å². The maximum atomic E-state index is 4.69. The van der Waals surface area contributed by atoms with Crippen LogP contribution in [0.25, 0.3) is 33.1 Å². The average molecular weight is 406 g/mol. The smallest absolute Gasteiger partial charge is 0.196 e. The van der Waals surface area contributed by atoms with Crippen molar-refractivity contribution >= 4 is 33.1 Å². The monoisotopic (exact) mass is 406 g/mol. The van der Waals surface area contributed by atoms with Gasteiger partial charge in [-0.15, -0.1) is 0 Å². The molecule has 0 amide bonds. The van der Waals surface area contributed by atoms with Gasteiger partial charge < -0.3 is 0 Å². The minimum Gasteiger partial charge on any atom is -0.291 e. The van der Waals surface area contributed by atoms with Crippen molar-refractivity contribution in [1.29, 1.82) is 0 Å². The number of rotatable bonds is 3. The molecule has 0 radical (unpaired) electrons. The van der Waals surface area contributed by atoms with E-state index in [0.717, 1.165) is 33.1 Å². The normalized spacial score (nSPS) is 12.0. The molecule has 0 saturated carbocycles. The standard InChI is InChI=1S/C25H22N6/c1-16-4-7-19-22(10-16)29(13-26-19)25(30-14-27-20-8-5-17(2)11-23(20)30)31-15-28-21-9-6-18(3)12-24(21)31/h4-15,25H,1-3H3. The first-order valence-corrected chi connectivity index (χ1v) is 10.4. The quantitative estimate of drug-likeness (QED) is 0.405. The molecule has 6 aromatic rings. The number of fused-ring (bicyclic) bond motifs is 3. The van der Waals surface area contributed by atoms with Gasteiger partial charge in [-0.3, -0.25) is 13.7 Å². The molecule has 3 aromatic heterocycles. The van der Waals surface area contributed by atoms with Crippen LogP contribution in [0.4, 0.5) is 0 Å². The van der Waals surface area contributed by atoms with Gasteiger partial charge >= 0.3 is 0 Å². The van der Waals surface area contributed by atoms with Crippen molar-refractivity contribution in [3.63, 3.8) is 0 Å². The molecule has 152 valence electrons. The second-order valence-corrected chi connectivity index (χ2v) is 8.28. The molecule has 6 heteroatoms. The summed E-state index contributed by atoms with van der Waals surface area (Å²) in [5.74, 6) is 0. The van der Waals surface area contributed by atoms with Gasteiger partial charge in [0, 0.05) is 0 Å². The summed E-state index contributed by atoms with van der Waals surface area (Å²) in [6.45, 7) is 6.33. The van der Waals surface area contributed by atoms with Gasteiger partial charge in [-0.05, 0) is 73.9 Å². The first-order valence-electron chi connectivity index (χ1n) is 10.4. The van der Waals surface area contributed by atoms with E-state index >= 15 is 0 Å². The number of imidazole rings is 3. The maximum Gasteiger partial charge on any atom is 0.196 e. The highest BCUT2D eigenvalue weighted by Crippen LogP contribution is 2.29. The highest BCUT2D eigenvalue weighted by Gasteiger charge is 2.22. The zero-order valence-electron chi connectivity index (χ0n) is 17.7. The van der Waals surface area contributed by atoms with Crippen molar-refractivity contribution in [1.82, 2.24) is 28.7 Å². The van der Waals surface area contributed by atoms with Crippen LogP contribution in [0.2, 0.25) is 0 Å². The Balaban J connectivity index is 1.70. The fourth-order valence-electron chi connectivity index (χ4n) is 4.36. The molecular formula is C25H22N6. The van der Waals surface area contributed by atoms with Gasteiger partial charge in [-0.25, -0.2) is 15.0 Å². The van der Waals surface area contributed by atoms with Crippen LogP contribution in [0.15, 0.2) is 73.6 Å². The molecular weight excluding hydrogens is 384 g/mol. The fraction of sp³-hybridized carbons (Fsp3) is 0.160. The molecule has 31 heavy (non-hydrogen) atoms. The van der Waals surface area contributed by atoms with Crippen molar-refractivity contribution in [2.45, 2.75) is 27.1 Å². The molecule has 6 rings (SSSR count). The minimum atomic E-state index is -0.231. The zero-order chi connectivity index (χ0) is 21.1. The van der Waals surface area contributed by atoms with Crippen LogP contribution in [0.3, 0.4) is 0 Å². The van der Waals surface area contributed by atoms with Gasteiger partial charge in [0.05, 0.1) is 52.1 Å². The van der Waals surface area contributed by atoms with E-state index in [1.54, 1.807) is 0 Å². The molecule has 0 spiro atoms. The van der Waals surface area contributed by atoms with Gasteiger partial charge in [-0.2, -0.15) is 0 Å². The fourth-order valence-corrected chi connectivity index (χ4v) is 4.36. The summed E-state index contributed by atoms with van der Waals surface area (Å²) >= 11 is 0. The third-order valence-corrected chi connectivity index (χ3v) is 5.94. The van der Waals surface area contributed by atoms with Crippen molar-refractivity contribution in [2.75, 3.05) is 0 Å². The minimum absolute atomic E-state index is 0.231. The lowest BCUT2D eigenvalue weighted by Crippen LogP contribution is -2.24. The molecule has 0 atom stereocenters. The summed E-state index contributed by atoms with van der Waals surface area (Å²) in [4.78, 5) is 14.1. The SMILES string of the molecule is Cc1ccc2ncn(C(n3cnc4ccc(C)cc43)n3cnc4ccc(C)cc43)c2c1. The topological polar surface area (TPSA) is 53.5 Å². The maximum absolute atomic E-state index is 4.69. The van der Waals surface area contributed by atoms with Crippen LogP contribution in [-0.2, 0) is 0 Å². The lowest BCUT2D eigenvalue weighted by Gasteiger charge is -2.24. The van der Waals surface area contributed by atoms with E-state index in [0.29, 0.717) is 0 Å². The Kier molecular flexibility index (Phi) is 3.77. The van der Waals surface area contributed by atoms with E-state index in [-0.39, 0.29) is 6.29 Å². The molecule has 3 aromatic carbocycles. The van der Waals surface area contributed by atoms with E-state index in [9.17, 15) is 0 Å². The zero-order valence-corrected chi connectivity index (χ0v) is 17.7. The van der Waals surface area contributed by atoms with Gasteiger partial charge in [0.2, 0.25) is 0 Å². The Hall–Kier alpha value is -3.93. The molecule has 0 aliphatic heterocycles. The molecule has 6 nitrogen and oxygen atoms in total. The van der Waals surface area contributed by atoms with Crippen LogP contribution in [-0.4, -0.2) is 28.7 Å². The number of hydrogen-bond acceptors (Lipinski definition) is 3. The Morgan fingerprint density at radius 2 is 0.839 bits per heavy atom. The Morgan fingerprint density at radius 3 is 1.16 bits per heavy atom. The van der Waals surface area contributed by atoms with Crippen molar-refractivity contribution in [2.24, 2.45) is 0 Å². The number of aryl methyl sites for hydroxylation is 3. The first kappa shape index (κ1) is 17.9. The van der Waals surface area contributed by atoms with Crippen LogP contribution in [0.5, 0.6) is 0 Å². The molecule has 3 heterocycles. The van der Waals surface area contributed by atoms with Gasteiger partial charge in [0.15, 0.2) is 6.29 Å². The van der Waals surface area contributed by atoms with E-state index in [4.69, 9.17) is 15.0 Å². The molecule has 0 aliphatic rings. The van der Waals surface area contributed by atoms with E-state index in [1.165, 1.54) is 16.7 Å².